The molecule has 3 atom stereocenters. The second-order valence-electron chi connectivity index (χ2n) is 7.27. The molecule has 0 spiro atoms. The monoisotopic (exact) mass is 399 g/mol. The number of benzene rings is 1. The van der Waals surface area contributed by atoms with Crippen LogP contribution >= 0.6 is 12.4 Å². The number of ether oxygens (including phenoxy) is 1. The quantitative estimate of drug-likeness (QED) is 0.714. The van der Waals surface area contributed by atoms with Gasteiger partial charge in [-0.15, -0.1) is 12.4 Å². The molecule has 1 aromatic heterocycles. The lowest BCUT2D eigenvalue weighted by molar-refractivity contribution is 0.241. The molecule has 1 aromatic carbocycles. The van der Waals surface area contributed by atoms with Crippen molar-refractivity contribution in [1.82, 2.24) is 9.24 Å². The van der Waals surface area contributed by atoms with Crippen molar-refractivity contribution in [3.8, 4) is 5.75 Å². The normalized spacial score (nSPS) is 22.4. The molecule has 2 aliphatic rings. The van der Waals surface area contributed by atoms with Crippen LogP contribution in [-0.4, -0.2) is 35.0 Å². The topological polar surface area (TPSA) is 109 Å². The fourth-order valence-corrected chi connectivity index (χ4v) is 3.98. The molecule has 10 heteroatoms. The molecule has 8 nitrogen and oxygen atoms in total. The molecule has 3 heterocycles. The maximum atomic E-state index is 15.0. The maximum absolute atomic E-state index is 15.0. The Morgan fingerprint density at radius 2 is 2.07 bits per heavy atom. The molecule has 1 saturated heterocycles. The van der Waals surface area contributed by atoms with Crippen LogP contribution in [0.3, 0.4) is 0 Å². The molecule has 148 valence electrons. The van der Waals surface area contributed by atoms with Gasteiger partial charge < -0.3 is 21.2 Å². The first-order chi connectivity index (χ1) is 12.3. The van der Waals surface area contributed by atoms with Gasteiger partial charge in [-0.25, -0.2) is 9.18 Å². The zero-order valence-corrected chi connectivity index (χ0v) is 16.0. The van der Waals surface area contributed by atoms with E-state index in [1.165, 1.54) is 4.57 Å². The number of aromatic nitrogens is 2. The van der Waals surface area contributed by atoms with Gasteiger partial charge >= 0.3 is 5.69 Å². The zero-order valence-electron chi connectivity index (χ0n) is 15.1. The highest BCUT2D eigenvalue weighted by Gasteiger charge is 2.34. The van der Waals surface area contributed by atoms with Crippen LogP contribution in [0.2, 0.25) is 0 Å². The molecule has 1 fully saturated rings. The average Bonchev–Trinajstić information content (AvgIpc) is 3.08. The minimum Gasteiger partial charge on any atom is -0.487 e. The summed E-state index contributed by atoms with van der Waals surface area (Å²) in [6, 6.07) is 0.834. The Hall–Kier alpha value is -2.26. The van der Waals surface area contributed by atoms with Gasteiger partial charge in [0.25, 0.3) is 5.56 Å². The van der Waals surface area contributed by atoms with Gasteiger partial charge in [-0.05, 0) is 32.3 Å². The molecule has 2 aliphatic heterocycles. The molecule has 0 amide bonds. The molecule has 2 aromatic rings. The van der Waals surface area contributed by atoms with Crippen molar-refractivity contribution in [3.63, 3.8) is 0 Å². The first-order valence-corrected chi connectivity index (χ1v) is 8.73. The highest BCUT2D eigenvalue weighted by Crippen LogP contribution is 2.42. The van der Waals surface area contributed by atoms with Gasteiger partial charge in [0, 0.05) is 19.1 Å². The summed E-state index contributed by atoms with van der Waals surface area (Å²) in [7, 11) is 0. The van der Waals surface area contributed by atoms with Crippen LogP contribution in [0.1, 0.15) is 26.3 Å². The summed E-state index contributed by atoms with van der Waals surface area (Å²) in [5.41, 5.74) is 5.22. The number of halogens is 2. The highest BCUT2D eigenvalue weighted by molar-refractivity contribution is 5.91. The van der Waals surface area contributed by atoms with Gasteiger partial charge in [0.15, 0.2) is 11.6 Å². The average molecular weight is 400 g/mol. The molecule has 27 heavy (non-hydrogen) atoms. The molecule has 1 unspecified atom stereocenters. The van der Waals surface area contributed by atoms with Gasteiger partial charge in [0.05, 0.1) is 11.4 Å². The predicted octanol–water partition coefficient (Wildman–Crippen LogP) is 0.565. The number of nitrogens with zero attached hydrogens (tertiary/aromatic N) is 3. The van der Waals surface area contributed by atoms with Crippen molar-refractivity contribution < 1.29 is 9.13 Å². The molecular weight excluding hydrogens is 377 g/mol. The summed E-state index contributed by atoms with van der Waals surface area (Å²) in [6.45, 7) is 5.16. The molecule has 0 bridgehead atoms. The summed E-state index contributed by atoms with van der Waals surface area (Å²) in [5, 5.41) is 0.0397. The summed E-state index contributed by atoms with van der Waals surface area (Å²) in [5.74, 6) is 5.53. The number of hydrogen-bond donors (Lipinski definition) is 2. The molecule has 4 N–H and O–H groups in total. The van der Waals surface area contributed by atoms with Crippen molar-refractivity contribution in [2.75, 3.05) is 30.4 Å². The van der Waals surface area contributed by atoms with E-state index in [1.54, 1.807) is 6.92 Å². The van der Waals surface area contributed by atoms with E-state index in [4.69, 9.17) is 16.3 Å². The Morgan fingerprint density at radius 3 is 2.70 bits per heavy atom. The lowest BCUT2D eigenvalue weighted by atomic mass is 10.0. The number of hydrogen-bond acceptors (Lipinski definition) is 6. The lowest BCUT2D eigenvalue weighted by Crippen LogP contribution is -2.47. The fraction of sp³-hybridized carbons (Fsp3) is 0.529. The van der Waals surface area contributed by atoms with Crippen LogP contribution in [-0.2, 0) is 0 Å². The van der Waals surface area contributed by atoms with E-state index in [0.29, 0.717) is 23.3 Å². The number of nitrogen functional groups attached to an aromatic ring is 1. The summed E-state index contributed by atoms with van der Waals surface area (Å²) in [4.78, 5) is 26.8. The third-order valence-electron chi connectivity index (χ3n) is 5.48. The molecule has 0 aliphatic carbocycles. The Morgan fingerprint density at radius 1 is 1.37 bits per heavy atom. The van der Waals surface area contributed by atoms with Crippen LogP contribution < -0.4 is 32.5 Å². The maximum Gasteiger partial charge on any atom is 0.350 e. The van der Waals surface area contributed by atoms with E-state index < -0.39 is 17.1 Å². The summed E-state index contributed by atoms with van der Waals surface area (Å²) >= 11 is 0. The molecule has 0 saturated carbocycles. The Balaban J connectivity index is 0.00000210. The van der Waals surface area contributed by atoms with Crippen LogP contribution in [0.5, 0.6) is 5.75 Å². The van der Waals surface area contributed by atoms with Crippen LogP contribution in [0.25, 0.3) is 10.9 Å². The van der Waals surface area contributed by atoms with Gasteiger partial charge in [-0.3, -0.25) is 9.36 Å². The van der Waals surface area contributed by atoms with Gasteiger partial charge in [0.1, 0.15) is 17.8 Å². The van der Waals surface area contributed by atoms with E-state index in [0.717, 1.165) is 12.5 Å². The van der Waals surface area contributed by atoms with Crippen molar-refractivity contribution in [3.05, 3.63) is 32.7 Å². The minimum absolute atomic E-state index is 0. The number of anilines is 1. The molecule has 0 radical (unpaired) electrons. The number of nitrogens with two attached hydrogens (primary N) is 2. The van der Waals surface area contributed by atoms with E-state index in [1.807, 2.05) is 11.8 Å². The first kappa shape index (κ1) is 19.5. The molecular formula is C17H23ClFN5O3. The van der Waals surface area contributed by atoms with Crippen molar-refractivity contribution in [2.45, 2.75) is 32.4 Å². The largest absolute Gasteiger partial charge is 0.487 e. The summed E-state index contributed by atoms with van der Waals surface area (Å²) < 4.78 is 22.7. The van der Waals surface area contributed by atoms with E-state index in [2.05, 4.69) is 0 Å². The number of rotatable bonds is 2. The minimum atomic E-state index is -0.736. The van der Waals surface area contributed by atoms with Crippen molar-refractivity contribution in [2.24, 2.45) is 11.7 Å². The fourth-order valence-electron chi connectivity index (χ4n) is 3.98. The standard InChI is InChI=1S/C17H22FN5O3.ClH/c1-8-7-26-15-13-11(16(24)23(20)17(25)22(8)13)5-12(18)14(15)21-4-3-10(6-21)9(2)19;/h5,8-10H,3-4,6-7,19-20H2,1-2H3;1H/t8?,9-,10+;/m0./s1. The summed E-state index contributed by atoms with van der Waals surface area (Å²) in [6.07, 6.45) is 0.849. The van der Waals surface area contributed by atoms with Crippen molar-refractivity contribution in [1.29, 1.82) is 0 Å². The third-order valence-corrected chi connectivity index (χ3v) is 5.48. The first-order valence-electron chi connectivity index (χ1n) is 8.73. The third kappa shape index (κ3) is 2.76. The molecule has 4 rings (SSSR count). The van der Waals surface area contributed by atoms with Gasteiger partial charge in [-0.1, -0.05) is 0 Å². The second kappa shape index (κ2) is 6.72. The van der Waals surface area contributed by atoms with Crippen LogP contribution in [0.15, 0.2) is 15.7 Å². The van der Waals surface area contributed by atoms with Crippen LogP contribution in [0.4, 0.5) is 10.1 Å². The van der Waals surface area contributed by atoms with Gasteiger partial charge in [-0.2, -0.15) is 4.68 Å². The Kier molecular flexibility index (Phi) is 4.85. The highest BCUT2D eigenvalue weighted by atomic mass is 35.5. The predicted molar refractivity (Wildman–Crippen MR) is 104 cm³/mol. The lowest BCUT2D eigenvalue weighted by Gasteiger charge is -2.30. The Labute approximate surface area is 160 Å². The Bertz CT molecular complexity index is 1020. The van der Waals surface area contributed by atoms with Crippen molar-refractivity contribution >= 4 is 29.0 Å². The van der Waals surface area contributed by atoms with E-state index in [-0.39, 0.29) is 53.8 Å². The zero-order chi connectivity index (χ0) is 18.7. The van der Waals surface area contributed by atoms with E-state index in [9.17, 15) is 14.0 Å². The van der Waals surface area contributed by atoms with Gasteiger partial charge in [0.2, 0.25) is 0 Å². The SMILES string of the molecule is CC1COc2c(N3CC[C@@H]([C@H](C)N)C3)c(F)cc3c(=O)n(N)c(=O)n1c23.Cl. The van der Waals surface area contributed by atoms with E-state index >= 15 is 0 Å². The smallest absolute Gasteiger partial charge is 0.350 e. The van der Waals surface area contributed by atoms with Crippen LogP contribution in [0, 0.1) is 11.7 Å². The second-order valence-corrected chi connectivity index (χ2v) is 7.27.